The summed E-state index contributed by atoms with van der Waals surface area (Å²) in [5.41, 5.74) is 13.9. The first-order chi connectivity index (χ1) is 12.1. The number of fused-ring (bicyclic) bond motifs is 2. The van der Waals surface area contributed by atoms with Crippen molar-refractivity contribution >= 4 is 23.0 Å². The van der Waals surface area contributed by atoms with Gasteiger partial charge in [0.2, 0.25) is 0 Å². The summed E-state index contributed by atoms with van der Waals surface area (Å²) >= 11 is 6.06. The van der Waals surface area contributed by atoms with Crippen molar-refractivity contribution in [3.8, 4) is 0 Å². The van der Waals surface area contributed by atoms with Gasteiger partial charge in [-0.25, -0.2) is 0 Å². The fourth-order valence-corrected chi connectivity index (χ4v) is 3.46. The van der Waals surface area contributed by atoms with Crippen molar-refractivity contribution in [1.29, 1.82) is 0 Å². The van der Waals surface area contributed by atoms with Gasteiger partial charge in [-0.3, -0.25) is 0 Å². The monoisotopic (exact) mass is 349 g/mol. The third-order valence-corrected chi connectivity index (χ3v) is 4.83. The molecule has 2 aromatic rings. The van der Waals surface area contributed by atoms with Crippen LogP contribution in [0.1, 0.15) is 16.7 Å². The maximum Gasteiger partial charge on any atom is 0.0644 e. The van der Waals surface area contributed by atoms with Crippen molar-refractivity contribution in [2.45, 2.75) is 13.3 Å². The average Bonchev–Trinajstić information content (AvgIpc) is 2.60. The van der Waals surface area contributed by atoms with Crippen molar-refractivity contribution in [2.75, 3.05) is 11.9 Å². The van der Waals surface area contributed by atoms with Crippen LogP contribution in [0, 0.1) is 6.92 Å². The lowest BCUT2D eigenvalue weighted by molar-refractivity contribution is 0.501. The van der Waals surface area contributed by atoms with Crippen LogP contribution in [-0.2, 0) is 6.42 Å². The molecule has 0 unspecified atom stereocenters. The largest absolute Gasteiger partial charge is 0.398 e. The summed E-state index contributed by atoms with van der Waals surface area (Å²) in [4.78, 5) is 2.18. The number of nitrogens with zero attached hydrogens (tertiary/aromatic N) is 1. The van der Waals surface area contributed by atoms with E-state index in [0.717, 1.165) is 46.2 Å². The SMILES string of the molecule is Cc1ccc2c(c1)NC1=CN(CCc3cccc(Cl)c3)C=CC1=C2N. The van der Waals surface area contributed by atoms with Gasteiger partial charge in [0, 0.05) is 40.8 Å². The first-order valence-corrected chi connectivity index (χ1v) is 8.76. The van der Waals surface area contributed by atoms with Crippen LogP contribution in [0.25, 0.3) is 5.70 Å². The molecule has 2 aromatic carbocycles. The summed E-state index contributed by atoms with van der Waals surface area (Å²) < 4.78 is 0. The first kappa shape index (κ1) is 15.9. The van der Waals surface area contributed by atoms with Crippen molar-refractivity contribution in [3.63, 3.8) is 0 Å². The molecule has 3 nitrogen and oxygen atoms in total. The Morgan fingerprint density at radius 1 is 1.16 bits per heavy atom. The zero-order chi connectivity index (χ0) is 17.4. The lowest BCUT2D eigenvalue weighted by atomic mass is 9.96. The molecular formula is C21H20ClN3. The fraction of sp³-hybridized carbons (Fsp3) is 0.143. The van der Waals surface area contributed by atoms with E-state index in [0.29, 0.717) is 0 Å². The van der Waals surface area contributed by atoms with Crippen LogP contribution in [0.3, 0.4) is 0 Å². The molecule has 0 bridgehead atoms. The van der Waals surface area contributed by atoms with E-state index in [1.807, 2.05) is 18.2 Å². The van der Waals surface area contributed by atoms with Gasteiger partial charge < -0.3 is 16.0 Å². The molecule has 4 heteroatoms. The van der Waals surface area contributed by atoms with Crippen LogP contribution in [0.4, 0.5) is 5.69 Å². The molecule has 0 radical (unpaired) electrons. The van der Waals surface area contributed by atoms with Gasteiger partial charge in [0.05, 0.1) is 11.4 Å². The Balaban J connectivity index is 1.55. The number of anilines is 1. The number of hydrogen-bond donors (Lipinski definition) is 2. The zero-order valence-corrected chi connectivity index (χ0v) is 14.8. The smallest absolute Gasteiger partial charge is 0.0644 e. The van der Waals surface area contributed by atoms with E-state index in [-0.39, 0.29) is 0 Å². The molecule has 25 heavy (non-hydrogen) atoms. The summed E-state index contributed by atoms with van der Waals surface area (Å²) in [6.45, 7) is 2.97. The summed E-state index contributed by atoms with van der Waals surface area (Å²) in [5.74, 6) is 0. The first-order valence-electron chi connectivity index (χ1n) is 8.38. The Morgan fingerprint density at radius 2 is 2.04 bits per heavy atom. The minimum Gasteiger partial charge on any atom is -0.398 e. The highest BCUT2D eigenvalue weighted by molar-refractivity contribution is 6.30. The molecule has 126 valence electrons. The average molecular weight is 350 g/mol. The number of nitrogens with one attached hydrogen (secondary N) is 1. The van der Waals surface area contributed by atoms with Crippen LogP contribution in [0.5, 0.6) is 0 Å². The Hall–Kier alpha value is -2.65. The molecule has 0 aromatic heterocycles. The highest BCUT2D eigenvalue weighted by Crippen LogP contribution is 2.35. The Morgan fingerprint density at radius 3 is 2.88 bits per heavy atom. The number of halogens is 1. The third kappa shape index (κ3) is 3.15. The highest BCUT2D eigenvalue weighted by Gasteiger charge is 2.21. The summed E-state index contributed by atoms with van der Waals surface area (Å²) in [6, 6.07) is 14.3. The van der Waals surface area contributed by atoms with Crippen LogP contribution in [0.15, 0.2) is 72.2 Å². The van der Waals surface area contributed by atoms with Gasteiger partial charge >= 0.3 is 0 Å². The predicted molar refractivity (Wildman–Crippen MR) is 105 cm³/mol. The lowest BCUT2D eigenvalue weighted by Crippen LogP contribution is -2.23. The van der Waals surface area contributed by atoms with Gasteiger partial charge in [-0.2, -0.15) is 0 Å². The van der Waals surface area contributed by atoms with E-state index in [1.54, 1.807) is 0 Å². The molecule has 0 aliphatic carbocycles. The predicted octanol–water partition coefficient (Wildman–Crippen LogP) is 4.66. The Labute approximate surface area is 153 Å². The lowest BCUT2D eigenvalue weighted by Gasteiger charge is -2.29. The number of rotatable bonds is 3. The number of benzene rings is 2. The normalized spacial score (nSPS) is 15.4. The molecule has 0 fully saturated rings. The molecule has 0 saturated carbocycles. The molecule has 2 aliphatic heterocycles. The number of hydrogen-bond acceptors (Lipinski definition) is 3. The van der Waals surface area contributed by atoms with Crippen molar-refractivity contribution in [2.24, 2.45) is 5.73 Å². The molecule has 2 heterocycles. The number of nitrogens with two attached hydrogens (primary N) is 1. The van der Waals surface area contributed by atoms with Gasteiger partial charge in [0.15, 0.2) is 0 Å². The van der Waals surface area contributed by atoms with Crippen LogP contribution in [0.2, 0.25) is 5.02 Å². The van der Waals surface area contributed by atoms with E-state index < -0.39 is 0 Å². The van der Waals surface area contributed by atoms with Crippen LogP contribution in [-0.4, -0.2) is 11.4 Å². The van der Waals surface area contributed by atoms with Gasteiger partial charge in [-0.1, -0.05) is 35.9 Å². The molecule has 3 N–H and O–H groups in total. The van der Waals surface area contributed by atoms with Crippen molar-refractivity contribution < 1.29 is 0 Å². The second-order valence-electron chi connectivity index (χ2n) is 6.48. The topological polar surface area (TPSA) is 41.3 Å². The molecule has 0 amide bonds. The van der Waals surface area contributed by atoms with Gasteiger partial charge in [0.1, 0.15) is 0 Å². The molecular weight excluding hydrogens is 330 g/mol. The molecule has 4 rings (SSSR count). The Bertz CT molecular complexity index is 924. The Kier molecular flexibility index (Phi) is 4.02. The van der Waals surface area contributed by atoms with Crippen LogP contribution >= 0.6 is 11.6 Å². The van der Waals surface area contributed by atoms with Crippen LogP contribution < -0.4 is 11.1 Å². The van der Waals surface area contributed by atoms with E-state index in [9.17, 15) is 0 Å². The maximum atomic E-state index is 6.39. The van der Waals surface area contributed by atoms with Gasteiger partial charge in [-0.05, 0) is 48.7 Å². The molecule has 0 saturated heterocycles. The quantitative estimate of drug-likeness (QED) is 0.847. The number of allylic oxidation sites excluding steroid dienone is 1. The summed E-state index contributed by atoms with van der Waals surface area (Å²) in [7, 11) is 0. The highest BCUT2D eigenvalue weighted by atomic mass is 35.5. The summed E-state index contributed by atoms with van der Waals surface area (Å²) in [5, 5.41) is 4.30. The second kappa shape index (κ2) is 6.34. The standard InChI is InChI=1S/C21H20ClN3/c1-14-5-6-17-19(11-14)24-20-13-25(10-8-18(20)21(17)23)9-7-15-3-2-4-16(22)12-15/h2-6,8,10-13,24H,7,9,23H2,1H3. The van der Waals surface area contributed by atoms with E-state index in [4.69, 9.17) is 17.3 Å². The van der Waals surface area contributed by atoms with E-state index in [2.05, 4.69) is 59.9 Å². The van der Waals surface area contributed by atoms with E-state index in [1.165, 1.54) is 11.1 Å². The van der Waals surface area contributed by atoms with Gasteiger partial charge in [0.25, 0.3) is 0 Å². The minimum atomic E-state index is 0.781. The molecule has 0 atom stereocenters. The van der Waals surface area contributed by atoms with Crippen molar-refractivity contribution in [3.05, 3.63) is 93.9 Å². The van der Waals surface area contributed by atoms with Crippen molar-refractivity contribution in [1.82, 2.24) is 4.90 Å². The second-order valence-corrected chi connectivity index (χ2v) is 6.91. The molecule has 0 spiro atoms. The molecule has 2 aliphatic rings. The number of aryl methyl sites for hydroxylation is 1. The van der Waals surface area contributed by atoms with E-state index >= 15 is 0 Å². The minimum absolute atomic E-state index is 0.781. The summed E-state index contributed by atoms with van der Waals surface area (Å²) in [6.07, 6.45) is 7.21. The van der Waals surface area contributed by atoms with Gasteiger partial charge in [-0.15, -0.1) is 0 Å². The fourth-order valence-electron chi connectivity index (χ4n) is 3.25. The maximum absolute atomic E-state index is 6.39. The zero-order valence-electron chi connectivity index (χ0n) is 14.1. The third-order valence-electron chi connectivity index (χ3n) is 4.59.